The van der Waals surface area contributed by atoms with E-state index in [4.69, 9.17) is 0 Å². The highest BCUT2D eigenvalue weighted by molar-refractivity contribution is 5.73. The summed E-state index contributed by atoms with van der Waals surface area (Å²) < 4.78 is 0. The molecule has 0 unspecified atom stereocenters. The molecule has 0 fully saturated rings. The third kappa shape index (κ3) is 1.84. The van der Waals surface area contributed by atoms with Crippen molar-refractivity contribution in [2.24, 2.45) is 0 Å². The van der Waals surface area contributed by atoms with Gasteiger partial charge in [0.25, 0.3) is 0 Å². The highest BCUT2D eigenvalue weighted by atomic mass is 16.2. The third-order valence-electron chi connectivity index (χ3n) is 2.64. The minimum atomic E-state index is 0.0964. The number of fused-ring (bicyclic) bond motifs is 1. The monoisotopic (exact) mass is 205 g/mol. The molecule has 4 nitrogen and oxygen atoms in total. The quantitative estimate of drug-likeness (QED) is 0.697. The molecule has 0 aromatic carbocycles. The Labute approximate surface area is 89.3 Å². The highest BCUT2D eigenvalue weighted by Crippen LogP contribution is 2.21. The predicted molar refractivity (Wildman–Crippen MR) is 56.0 cm³/mol. The lowest BCUT2D eigenvalue weighted by molar-refractivity contribution is -0.129. The first-order valence-electron chi connectivity index (χ1n) is 5.18. The van der Waals surface area contributed by atoms with Crippen LogP contribution >= 0.6 is 0 Å². The lowest BCUT2D eigenvalue weighted by atomic mass is 10.2. The molecular formula is C11H15N3O. The van der Waals surface area contributed by atoms with Crippen molar-refractivity contribution in [1.82, 2.24) is 14.9 Å². The number of hydrogen-bond acceptors (Lipinski definition) is 3. The van der Waals surface area contributed by atoms with Crippen molar-refractivity contribution in [3.63, 3.8) is 0 Å². The van der Waals surface area contributed by atoms with E-state index in [-0.39, 0.29) is 5.91 Å². The lowest BCUT2D eigenvalue weighted by Gasteiger charge is -2.10. The zero-order valence-electron chi connectivity index (χ0n) is 9.32. The van der Waals surface area contributed by atoms with Gasteiger partial charge < -0.3 is 4.90 Å². The molecular weight excluding hydrogens is 190 g/mol. The Morgan fingerprint density at radius 1 is 1.47 bits per heavy atom. The average molecular weight is 205 g/mol. The Morgan fingerprint density at radius 2 is 2.20 bits per heavy atom. The van der Waals surface area contributed by atoms with Gasteiger partial charge in [-0.2, -0.15) is 0 Å². The number of hydrogen-bond donors (Lipinski definition) is 0. The SMILES string of the molecule is CC(=O)N1Cc2cnc(C(C)C)nc2C1. The summed E-state index contributed by atoms with van der Waals surface area (Å²) in [4.78, 5) is 21.8. The van der Waals surface area contributed by atoms with Gasteiger partial charge in [-0.15, -0.1) is 0 Å². The topological polar surface area (TPSA) is 46.1 Å². The van der Waals surface area contributed by atoms with Crippen LogP contribution in [0.25, 0.3) is 0 Å². The fourth-order valence-electron chi connectivity index (χ4n) is 1.67. The van der Waals surface area contributed by atoms with Crippen molar-refractivity contribution in [3.8, 4) is 0 Å². The minimum Gasteiger partial charge on any atom is -0.333 e. The Balaban J connectivity index is 2.27. The van der Waals surface area contributed by atoms with Crippen LogP contribution in [0.4, 0.5) is 0 Å². The summed E-state index contributed by atoms with van der Waals surface area (Å²) in [5.74, 6) is 1.29. The Kier molecular flexibility index (Phi) is 2.42. The Hall–Kier alpha value is -1.45. The molecule has 0 bridgehead atoms. The molecule has 0 spiro atoms. The summed E-state index contributed by atoms with van der Waals surface area (Å²) in [5, 5.41) is 0. The first-order chi connectivity index (χ1) is 7.08. The van der Waals surface area contributed by atoms with Gasteiger partial charge in [0, 0.05) is 31.1 Å². The van der Waals surface area contributed by atoms with E-state index in [0.29, 0.717) is 19.0 Å². The largest absolute Gasteiger partial charge is 0.333 e. The average Bonchev–Trinajstić information content (AvgIpc) is 2.59. The minimum absolute atomic E-state index is 0.0964. The maximum atomic E-state index is 11.2. The van der Waals surface area contributed by atoms with Gasteiger partial charge >= 0.3 is 0 Å². The molecule has 0 aliphatic carbocycles. The maximum absolute atomic E-state index is 11.2. The van der Waals surface area contributed by atoms with Gasteiger partial charge in [0.2, 0.25) is 5.91 Å². The van der Waals surface area contributed by atoms with E-state index >= 15 is 0 Å². The molecule has 0 N–H and O–H groups in total. The summed E-state index contributed by atoms with van der Waals surface area (Å²) in [5.41, 5.74) is 2.08. The number of carbonyl (C=O) groups excluding carboxylic acids is 1. The Bertz CT molecular complexity index is 401. The number of carbonyl (C=O) groups is 1. The fourth-order valence-corrected chi connectivity index (χ4v) is 1.67. The Morgan fingerprint density at radius 3 is 2.80 bits per heavy atom. The molecule has 0 saturated carbocycles. The second-order valence-corrected chi connectivity index (χ2v) is 4.23. The summed E-state index contributed by atoms with van der Waals surface area (Å²) >= 11 is 0. The predicted octanol–water partition coefficient (Wildman–Crippen LogP) is 1.46. The van der Waals surface area contributed by atoms with Crippen molar-refractivity contribution >= 4 is 5.91 Å². The number of rotatable bonds is 1. The second-order valence-electron chi connectivity index (χ2n) is 4.23. The molecule has 1 aromatic heterocycles. The van der Waals surface area contributed by atoms with Gasteiger partial charge in [-0.3, -0.25) is 4.79 Å². The van der Waals surface area contributed by atoms with Gasteiger partial charge in [-0.25, -0.2) is 9.97 Å². The molecule has 2 heterocycles. The summed E-state index contributed by atoms with van der Waals surface area (Å²) in [7, 11) is 0. The van der Waals surface area contributed by atoms with E-state index in [2.05, 4.69) is 23.8 Å². The van der Waals surface area contributed by atoms with Gasteiger partial charge in [0.1, 0.15) is 5.82 Å². The van der Waals surface area contributed by atoms with E-state index in [0.717, 1.165) is 17.1 Å². The molecule has 0 saturated heterocycles. The van der Waals surface area contributed by atoms with Crippen LogP contribution in [0.3, 0.4) is 0 Å². The summed E-state index contributed by atoms with van der Waals surface area (Å²) in [6.45, 7) is 7.01. The number of aromatic nitrogens is 2. The molecule has 0 atom stereocenters. The maximum Gasteiger partial charge on any atom is 0.220 e. The van der Waals surface area contributed by atoms with Gasteiger partial charge in [0.05, 0.1) is 12.2 Å². The molecule has 15 heavy (non-hydrogen) atoms. The smallest absolute Gasteiger partial charge is 0.220 e. The van der Waals surface area contributed by atoms with E-state index in [9.17, 15) is 4.79 Å². The highest BCUT2D eigenvalue weighted by Gasteiger charge is 2.23. The zero-order valence-corrected chi connectivity index (χ0v) is 9.32. The zero-order chi connectivity index (χ0) is 11.0. The number of nitrogens with zero attached hydrogens (tertiary/aromatic N) is 3. The van der Waals surface area contributed by atoms with Crippen molar-refractivity contribution in [1.29, 1.82) is 0 Å². The van der Waals surface area contributed by atoms with Crippen molar-refractivity contribution in [3.05, 3.63) is 23.3 Å². The summed E-state index contributed by atoms with van der Waals surface area (Å²) in [6.07, 6.45) is 1.85. The van der Waals surface area contributed by atoms with Crippen LogP contribution in [0.2, 0.25) is 0 Å². The van der Waals surface area contributed by atoms with Crippen LogP contribution in [0.15, 0.2) is 6.20 Å². The third-order valence-corrected chi connectivity index (χ3v) is 2.64. The van der Waals surface area contributed by atoms with Crippen molar-refractivity contribution < 1.29 is 4.79 Å². The van der Waals surface area contributed by atoms with Crippen LogP contribution in [0.1, 0.15) is 43.8 Å². The van der Waals surface area contributed by atoms with E-state index < -0.39 is 0 Å². The molecule has 4 heteroatoms. The molecule has 2 rings (SSSR count). The van der Waals surface area contributed by atoms with Crippen molar-refractivity contribution in [2.75, 3.05) is 0 Å². The molecule has 0 radical (unpaired) electrons. The lowest BCUT2D eigenvalue weighted by Crippen LogP contribution is -2.21. The first-order valence-corrected chi connectivity index (χ1v) is 5.18. The van der Waals surface area contributed by atoms with Crippen LogP contribution in [-0.4, -0.2) is 20.8 Å². The van der Waals surface area contributed by atoms with E-state index in [1.165, 1.54) is 0 Å². The van der Waals surface area contributed by atoms with Crippen LogP contribution in [-0.2, 0) is 17.9 Å². The first kappa shape index (κ1) is 10.1. The molecule has 1 aliphatic rings. The van der Waals surface area contributed by atoms with Gasteiger partial charge in [0.15, 0.2) is 0 Å². The van der Waals surface area contributed by atoms with Crippen LogP contribution in [0.5, 0.6) is 0 Å². The van der Waals surface area contributed by atoms with E-state index in [1.54, 1.807) is 11.8 Å². The van der Waals surface area contributed by atoms with Gasteiger partial charge in [-0.05, 0) is 0 Å². The van der Waals surface area contributed by atoms with Crippen molar-refractivity contribution in [2.45, 2.75) is 39.8 Å². The standard InChI is InChI=1S/C11H15N3O/c1-7(2)11-12-4-9-5-14(8(3)15)6-10(9)13-11/h4,7H,5-6H2,1-3H3. The van der Waals surface area contributed by atoms with Crippen LogP contribution < -0.4 is 0 Å². The fraction of sp³-hybridized carbons (Fsp3) is 0.545. The molecule has 1 aromatic rings. The van der Waals surface area contributed by atoms with Crippen LogP contribution in [0, 0.1) is 0 Å². The normalized spacial score (nSPS) is 14.5. The summed E-state index contributed by atoms with van der Waals surface area (Å²) in [6, 6.07) is 0. The van der Waals surface area contributed by atoms with E-state index in [1.807, 2.05) is 6.20 Å². The number of amides is 1. The molecule has 80 valence electrons. The molecule has 1 amide bonds. The molecule has 1 aliphatic heterocycles. The van der Waals surface area contributed by atoms with Gasteiger partial charge in [-0.1, -0.05) is 13.8 Å². The second kappa shape index (κ2) is 3.61.